The van der Waals surface area contributed by atoms with E-state index in [1.54, 1.807) is 0 Å². The van der Waals surface area contributed by atoms with Crippen LogP contribution in [0.2, 0.25) is 0 Å². The van der Waals surface area contributed by atoms with Crippen molar-refractivity contribution >= 4 is 0 Å². The highest BCUT2D eigenvalue weighted by molar-refractivity contribution is 5.70. The van der Waals surface area contributed by atoms with Crippen LogP contribution in [0.4, 0.5) is 0 Å². The monoisotopic (exact) mass is 275 g/mol. The summed E-state index contributed by atoms with van der Waals surface area (Å²) in [5.74, 6) is 0. The number of rotatable bonds is 3. The third kappa shape index (κ3) is 2.75. The molecule has 0 fully saturated rings. The Morgan fingerprint density at radius 2 is 1.90 bits per heavy atom. The van der Waals surface area contributed by atoms with Gasteiger partial charge in [-0.05, 0) is 29.7 Å². The van der Waals surface area contributed by atoms with E-state index in [-0.39, 0.29) is 0 Å². The molecule has 1 N–H and O–H groups in total. The fraction of sp³-hybridized carbons (Fsp3) is 0.167. The minimum Gasteiger partial charge on any atom is -0.370 e. The first-order valence-corrected chi connectivity index (χ1v) is 7.05. The van der Waals surface area contributed by atoms with Crippen LogP contribution in [0, 0.1) is 11.3 Å². The maximum Gasteiger partial charge on any atom is 0.0998 e. The van der Waals surface area contributed by atoms with Crippen LogP contribution in [0.15, 0.2) is 60.9 Å². The second-order valence-corrected chi connectivity index (χ2v) is 5.19. The van der Waals surface area contributed by atoms with Crippen LogP contribution in [0.25, 0.3) is 11.1 Å². The Hall–Kier alpha value is -2.73. The van der Waals surface area contributed by atoms with Crippen molar-refractivity contribution in [3.63, 3.8) is 0 Å². The Morgan fingerprint density at radius 3 is 2.57 bits per heavy atom. The van der Waals surface area contributed by atoms with Crippen molar-refractivity contribution in [2.45, 2.75) is 19.6 Å². The van der Waals surface area contributed by atoms with E-state index in [1.807, 2.05) is 30.5 Å². The van der Waals surface area contributed by atoms with E-state index in [0.717, 1.165) is 17.7 Å². The largest absolute Gasteiger partial charge is 0.370 e. The zero-order valence-electron chi connectivity index (χ0n) is 12.0. The molecular formula is C18H17N3. The van der Waals surface area contributed by atoms with Crippen molar-refractivity contribution in [3.8, 4) is 17.2 Å². The highest BCUT2D eigenvalue weighted by Gasteiger charge is 2.13. The van der Waals surface area contributed by atoms with Gasteiger partial charge in [0.05, 0.1) is 17.8 Å². The number of nitrogens with zero attached hydrogens (tertiary/aromatic N) is 2. The number of hydrogen-bond donors (Lipinski definition) is 1. The van der Waals surface area contributed by atoms with Gasteiger partial charge < -0.3 is 10.2 Å². The third-order valence-electron chi connectivity index (χ3n) is 3.78. The van der Waals surface area contributed by atoms with Gasteiger partial charge in [0, 0.05) is 18.9 Å². The molecule has 21 heavy (non-hydrogen) atoms. The highest BCUT2D eigenvalue weighted by Crippen LogP contribution is 2.24. The molecule has 0 radical (unpaired) electrons. The average Bonchev–Trinajstić information content (AvgIpc) is 2.93. The molecule has 1 unspecified atom stereocenters. The molecule has 0 aromatic heterocycles. The van der Waals surface area contributed by atoms with Gasteiger partial charge in [-0.25, -0.2) is 0 Å². The van der Waals surface area contributed by atoms with Gasteiger partial charge in [-0.3, -0.25) is 0 Å². The molecule has 2 aromatic carbocycles. The minimum atomic E-state index is 0.337. The van der Waals surface area contributed by atoms with E-state index >= 15 is 0 Å². The fourth-order valence-electron chi connectivity index (χ4n) is 2.53. The van der Waals surface area contributed by atoms with E-state index in [0.29, 0.717) is 11.7 Å². The van der Waals surface area contributed by atoms with E-state index in [1.165, 1.54) is 5.56 Å². The molecule has 1 aliphatic rings. The predicted octanol–water partition coefficient (Wildman–Crippen LogP) is 3.45. The first-order valence-electron chi connectivity index (χ1n) is 7.05. The quantitative estimate of drug-likeness (QED) is 0.932. The van der Waals surface area contributed by atoms with Crippen LogP contribution < -0.4 is 5.32 Å². The van der Waals surface area contributed by atoms with Crippen molar-refractivity contribution in [1.82, 2.24) is 10.2 Å². The maximum atomic E-state index is 9.18. The summed E-state index contributed by atoms with van der Waals surface area (Å²) in [4.78, 5) is 2.25. The van der Waals surface area contributed by atoms with Crippen LogP contribution in [-0.2, 0) is 6.54 Å². The smallest absolute Gasteiger partial charge is 0.0998 e. The summed E-state index contributed by atoms with van der Waals surface area (Å²) in [6.45, 7) is 3.02. The van der Waals surface area contributed by atoms with Crippen molar-refractivity contribution in [2.24, 2.45) is 0 Å². The highest BCUT2D eigenvalue weighted by atomic mass is 15.3. The molecule has 0 bridgehead atoms. The Labute approximate surface area is 125 Å². The first-order chi connectivity index (χ1) is 10.3. The minimum absolute atomic E-state index is 0.337. The molecule has 1 atom stereocenters. The number of hydrogen-bond acceptors (Lipinski definition) is 3. The van der Waals surface area contributed by atoms with Gasteiger partial charge in [-0.1, -0.05) is 42.5 Å². The van der Waals surface area contributed by atoms with E-state index < -0.39 is 0 Å². The lowest BCUT2D eigenvalue weighted by Crippen LogP contribution is -2.31. The Morgan fingerprint density at radius 1 is 1.14 bits per heavy atom. The predicted molar refractivity (Wildman–Crippen MR) is 83.9 cm³/mol. The van der Waals surface area contributed by atoms with Gasteiger partial charge >= 0.3 is 0 Å². The standard InChI is InChI=1S/C18H17N3/c1-14-20-10-11-21(14)13-15-6-8-16(9-7-15)18-5-3-2-4-17(18)12-19/h2-11,14,20H,13H2,1H3. The summed E-state index contributed by atoms with van der Waals surface area (Å²) < 4.78 is 0. The van der Waals surface area contributed by atoms with Crippen LogP contribution in [0.5, 0.6) is 0 Å². The molecular weight excluding hydrogens is 258 g/mol. The van der Waals surface area contributed by atoms with Crippen LogP contribution in [0.3, 0.4) is 0 Å². The van der Waals surface area contributed by atoms with Gasteiger partial charge in [0.15, 0.2) is 0 Å². The SMILES string of the molecule is CC1NC=CN1Cc1ccc(-c2ccccc2C#N)cc1. The topological polar surface area (TPSA) is 39.1 Å². The summed E-state index contributed by atoms with van der Waals surface area (Å²) in [7, 11) is 0. The lowest BCUT2D eigenvalue weighted by Gasteiger charge is -2.22. The second-order valence-electron chi connectivity index (χ2n) is 5.19. The fourth-order valence-corrected chi connectivity index (χ4v) is 2.53. The number of benzene rings is 2. The van der Waals surface area contributed by atoms with Crippen molar-refractivity contribution in [1.29, 1.82) is 5.26 Å². The van der Waals surface area contributed by atoms with Crippen LogP contribution in [-0.4, -0.2) is 11.1 Å². The normalized spacial score (nSPS) is 16.6. The van der Waals surface area contributed by atoms with Crippen molar-refractivity contribution in [3.05, 3.63) is 72.1 Å². The Balaban J connectivity index is 1.81. The summed E-state index contributed by atoms with van der Waals surface area (Å²) >= 11 is 0. The Kier molecular flexibility index (Phi) is 3.61. The molecule has 1 aliphatic heterocycles. The Bertz CT molecular complexity index is 695. The van der Waals surface area contributed by atoms with Crippen molar-refractivity contribution < 1.29 is 0 Å². The third-order valence-corrected chi connectivity index (χ3v) is 3.78. The van der Waals surface area contributed by atoms with Crippen molar-refractivity contribution in [2.75, 3.05) is 0 Å². The maximum absolute atomic E-state index is 9.18. The van der Waals surface area contributed by atoms with Gasteiger partial charge in [-0.2, -0.15) is 5.26 Å². The number of nitrogens with one attached hydrogen (secondary N) is 1. The van der Waals surface area contributed by atoms with Crippen LogP contribution in [0.1, 0.15) is 18.1 Å². The lowest BCUT2D eigenvalue weighted by molar-refractivity contribution is 0.290. The van der Waals surface area contributed by atoms with Gasteiger partial charge in [0.25, 0.3) is 0 Å². The molecule has 0 saturated carbocycles. The zero-order chi connectivity index (χ0) is 14.7. The van der Waals surface area contributed by atoms with Crippen LogP contribution >= 0.6 is 0 Å². The average molecular weight is 275 g/mol. The molecule has 0 aliphatic carbocycles. The number of nitriles is 1. The summed E-state index contributed by atoms with van der Waals surface area (Å²) in [5.41, 5.74) is 4.04. The molecule has 3 heteroatoms. The summed E-state index contributed by atoms with van der Waals surface area (Å²) in [6.07, 6.45) is 4.38. The molecule has 0 saturated heterocycles. The molecule has 0 amide bonds. The summed E-state index contributed by atoms with van der Waals surface area (Å²) in [5, 5.41) is 12.4. The molecule has 2 aromatic rings. The molecule has 104 valence electrons. The molecule has 3 nitrogen and oxygen atoms in total. The van der Waals surface area contributed by atoms with E-state index in [9.17, 15) is 5.26 Å². The first kappa shape index (κ1) is 13.3. The summed E-state index contributed by atoms with van der Waals surface area (Å²) in [6, 6.07) is 18.4. The van der Waals surface area contributed by atoms with Gasteiger partial charge in [-0.15, -0.1) is 0 Å². The lowest BCUT2D eigenvalue weighted by atomic mass is 9.99. The molecule has 1 heterocycles. The van der Waals surface area contributed by atoms with E-state index in [2.05, 4.69) is 53.7 Å². The van der Waals surface area contributed by atoms with Gasteiger partial charge in [0.2, 0.25) is 0 Å². The second kappa shape index (κ2) is 5.72. The molecule has 0 spiro atoms. The zero-order valence-corrected chi connectivity index (χ0v) is 12.0. The van der Waals surface area contributed by atoms with E-state index in [4.69, 9.17) is 0 Å². The molecule has 3 rings (SSSR count). The van der Waals surface area contributed by atoms with Gasteiger partial charge in [0.1, 0.15) is 0 Å².